The number of methoxy groups -OCH3 is 1. The molecule has 0 saturated carbocycles. The number of hydrogen-bond donors (Lipinski definition) is 0. The summed E-state index contributed by atoms with van der Waals surface area (Å²) in [7, 11) is 3.58. The summed E-state index contributed by atoms with van der Waals surface area (Å²) in [6.45, 7) is 4.10. The van der Waals surface area contributed by atoms with Crippen LogP contribution < -0.4 is 4.74 Å². The average Bonchev–Trinajstić information content (AvgIpc) is 2.70. The van der Waals surface area contributed by atoms with E-state index in [2.05, 4.69) is 23.1 Å². The first-order valence-electron chi connectivity index (χ1n) is 5.70. The van der Waals surface area contributed by atoms with Gasteiger partial charge in [-0.15, -0.1) is 0 Å². The van der Waals surface area contributed by atoms with E-state index in [1.165, 1.54) is 5.56 Å². The molecule has 0 aliphatic rings. The van der Waals surface area contributed by atoms with Crippen LogP contribution in [0.1, 0.15) is 18.3 Å². The second kappa shape index (κ2) is 4.57. The summed E-state index contributed by atoms with van der Waals surface area (Å²) in [5, 5.41) is 4.36. The topological polar surface area (TPSA) is 39.9 Å². The molecule has 0 bridgehead atoms. The minimum atomic E-state index is 0.828. The van der Waals surface area contributed by atoms with E-state index in [1.807, 2.05) is 26.1 Å². The SMILES string of the molecule is CCc1nc(-c2cc(C)ccc2OC)n(C)n1. The predicted molar refractivity (Wildman–Crippen MR) is 67.1 cm³/mol. The van der Waals surface area contributed by atoms with E-state index in [4.69, 9.17) is 4.74 Å². The maximum atomic E-state index is 5.37. The van der Waals surface area contributed by atoms with Crippen LogP contribution in [0.25, 0.3) is 11.4 Å². The van der Waals surface area contributed by atoms with Crippen molar-refractivity contribution < 1.29 is 4.74 Å². The van der Waals surface area contributed by atoms with Gasteiger partial charge >= 0.3 is 0 Å². The Morgan fingerprint density at radius 3 is 2.71 bits per heavy atom. The fourth-order valence-corrected chi connectivity index (χ4v) is 1.82. The Morgan fingerprint density at radius 2 is 2.12 bits per heavy atom. The van der Waals surface area contributed by atoms with E-state index >= 15 is 0 Å². The highest BCUT2D eigenvalue weighted by atomic mass is 16.5. The Balaban J connectivity index is 2.58. The molecule has 0 amide bonds. The van der Waals surface area contributed by atoms with Crippen LogP contribution >= 0.6 is 0 Å². The second-order valence-electron chi connectivity index (χ2n) is 4.03. The van der Waals surface area contributed by atoms with Crippen LogP contribution in [0, 0.1) is 6.92 Å². The van der Waals surface area contributed by atoms with Crippen molar-refractivity contribution in [1.82, 2.24) is 14.8 Å². The van der Waals surface area contributed by atoms with Crippen molar-refractivity contribution >= 4 is 0 Å². The first-order valence-corrected chi connectivity index (χ1v) is 5.70. The van der Waals surface area contributed by atoms with Crippen LogP contribution in [0.4, 0.5) is 0 Å². The van der Waals surface area contributed by atoms with Crippen molar-refractivity contribution in [2.24, 2.45) is 7.05 Å². The molecule has 0 unspecified atom stereocenters. The minimum absolute atomic E-state index is 0.828. The summed E-state index contributed by atoms with van der Waals surface area (Å²) in [4.78, 5) is 4.52. The van der Waals surface area contributed by atoms with Gasteiger partial charge in [-0.3, -0.25) is 0 Å². The zero-order valence-electron chi connectivity index (χ0n) is 10.7. The fourth-order valence-electron chi connectivity index (χ4n) is 1.82. The largest absolute Gasteiger partial charge is 0.496 e. The molecular formula is C13H17N3O. The summed E-state index contributed by atoms with van der Waals surface area (Å²) >= 11 is 0. The number of rotatable bonds is 3. The molecule has 0 fully saturated rings. The van der Waals surface area contributed by atoms with Crippen LogP contribution in [-0.2, 0) is 13.5 Å². The average molecular weight is 231 g/mol. The monoisotopic (exact) mass is 231 g/mol. The Kier molecular flexibility index (Phi) is 3.13. The zero-order chi connectivity index (χ0) is 12.4. The Hall–Kier alpha value is -1.84. The first-order chi connectivity index (χ1) is 8.15. The van der Waals surface area contributed by atoms with Gasteiger partial charge in [0.2, 0.25) is 0 Å². The van der Waals surface area contributed by atoms with Crippen molar-refractivity contribution in [3.63, 3.8) is 0 Å². The lowest BCUT2D eigenvalue weighted by atomic mass is 10.1. The van der Waals surface area contributed by atoms with Gasteiger partial charge in [-0.25, -0.2) is 9.67 Å². The number of aromatic nitrogens is 3. The maximum Gasteiger partial charge on any atom is 0.161 e. The molecule has 1 heterocycles. The summed E-state index contributed by atoms with van der Waals surface area (Å²) in [6, 6.07) is 6.06. The van der Waals surface area contributed by atoms with E-state index in [-0.39, 0.29) is 0 Å². The summed E-state index contributed by atoms with van der Waals surface area (Å²) in [6.07, 6.45) is 0.835. The van der Waals surface area contributed by atoms with Gasteiger partial charge in [0, 0.05) is 13.5 Å². The van der Waals surface area contributed by atoms with Gasteiger partial charge in [-0.05, 0) is 19.1 Å². The molecule has 17 heavy (non-hydrogen) atoms. The molecule has 1 aromatic heterocycles. The number of benzene rings is 1. The predicted octanol–water partition coefficient (Wildman–Crippen LogP) is 2.36. The van der Waals surface area contributed by atoms with Gasteiger partial charge < -0.3 is 4.74 Å². The molecule has 4 nitrogen and oxygen atoms in total. The van der Waals surface area contributed by atoms with Gasteiger partial charge in [0.15, 0.2) is 11.6 Å². The van der Waals surface area contributed by atoms with Gasteiger partial charge in [0.05, 0.1) is 12.7 Å². The Labute approximate surface area is 101 Å². The number of ether oxygens (including phenoxy) is 1. The van der Waals surface area contributed by atoms with Crippen molar-refractivity contribution in [3.8, 4) is 17.1 Å². The van der Waals surface area contributed by atoms with Crippen LogP contribution in [-0.4, -0.2) is 21.9 Å². The third kappa shape index (κ3) is 2.16. The highest BCUT2D eigenvalue weighted by Gasteiger charge is 2.13. The van der Waals surface area contributed by atoms with Crippen molar-refractivity contribution in [1.29, 1.82) is 0 Å². The van der Waals surface area contributed by atoms with Crippen LogP contribution in [0.5, 0.6) is 5.75 Å². The molecule has 0 aliphatic carbocycles. The number of aryl methyl sites for hydroxylation is 3. The van der Waals surface area contributed by atoms with E-state index < -0.39 is 0 Å². The number of nitrogens with zero attached hydrogens (tertiary/aromatic N) is 3. The fraction of sp³-hybridized carbons (Fsp3) is 0.385. The Bertz CT molecular complexity index is 531. The van der Waals surface area contributed by atoms with E-state index in [9.17, 15) is 0 Å². The standard InChI is InChI=1S/C13H17N3O/c1-5-12-14-13(16(3)15-12)10-8-9(2)6-7-11(10)17-4/h6-8H,5H2,1-4H3. The van der Waals surface area contributed by atoms with Crippen molar-refractivity contribution in [2.45, 2.75) is 20.3 Å². The summed E-state index contributed by atoms with van der Waals surface area (Å²) in [5.74, 6) is 2.53. The quantitative estimate of drug-likeness (QED) is 0.814. The molecule has 0 radical (unpaired) electrons. The highest BCUT2D eigenvalue weighted by Crippen LogP contribution is 2.29. The molecule has 0 N–H and O–H groups in total. The molecule has 0 aliphatic heterocycles. The van der Waals surface area contributed by atoms with Gasteiger partial charge in [0.25, 0.3) is 0 Å². The van der Waals surface area contributed by atoms with E-state index in [0.29, 0.717) is 0 Å². The van der Waals surface area contributed by atoms with Gasteiger partial charge in [0.1, 0.15) is 5.75 Å². The lowest BCUT2D eigenvalue weighted by Crippen LogP contribution is -1.97. The summed E-state index contributed by atoms with van der Waals surface area (Å²) < 4.78 is 7.17. The summed E-state index contributed by atoms with van der Waals surface area (Å²) in [5.41, 5.74) is 2.17. The van der Waals surface area contributed by atoms with Crippen molar-refractivity contribution in [2.75, 3.05) is 7.11 Å². The highest BCUT2D eigenvalue weighted by molar-refractivity contribution is 5.65. The van der Waals surface area contributed by atoms with Crippen LogP contribution in [0.2, 0.25) is 0 Å². The molecule has 2 aromatic rings. The lowest BCUT2D eigenvalue weighted by Gasteiger charge is -2.08. The van der Waals surface area contributed by atoms with E-state index in [1.54, 1.807) is 11.8 Å². The second-order valence-corrected chi connectivity index (χ2v) is 4.03. The van der Waals surface area contributed by atoms with Crippen LogP contribution in [0.15, 0.2) is 18.2 Å². The van der Waals surface area contributed by atoms with Crippen LogP contribution in [0.3, 0.4) is 0 Å². The minimum Gasteiger partial charge on any atom is -0.496 e. The molecular weight excluding hydrogens is 214 g/mol. The molecule has 0 saturated heterocycles. The van der Waals surface area contributed by atoms with Gasteiger partial charge in [-0.1, -0.05) is 18.6 Å². The lowest BCUT2D eigenvalue weighted by molar-refractivity contribution is 0.416. The molecule has 0 spiro atoms. The molecule has 90 valence electrons. The zero-order valence-corrected chi connectivity index (χ0v) is 10.7. The third-order valence-corrected chi connectivity index (χ3v) is 2.72. The molecule has 0 atom stereocenters. The number of hydrogen-bond acceptors (Lipinski definition) is 3. The first kappa shape index (κ1) is 11.6. The maximum absolute atomic E-state index is 5.37. The third-order valence-electron chi connectivity index (χ3n) is 2.72. The Morgan fingerprint density at radius 1 is 1.35 bits per heavy atom. The van der Waals surface area contributed by atoms with E-state index in [0.717, 1.165) is 29.4 Å². The molecule has 4 heteroatoms. The van der Waals surface area contributed by atoms with Gasteiger partial charge in [-0.2, -0.15) is 5.10 Å². The molecule has 1 aromatic carbocycles. The molecule has 2 rings (SSSR count). The normalized spacial score (nSPS) is 10.6. The van der Waals surface area contributed by atoms with Crippen molar-refractivity contribution in [3.05, 3.63) is 29.6 Å². The smallest absolute Gasteiger partial charge is 0.161 e.